The third-order valence-corrected chi connectivity index (χ3v) is 6.94. The predicted molar refractivity (Wildman–Crippen MR) is 161 cm³/mol. The molecular weight excluding hydrogens is 576 g/mol. The van der Waals surface area contributed by atoms with Gasteiger partial charge in [0.25, 0.3) is 0 Å². The number of carbonyl (C=O) groups is 1. The van der Waals surface area contributed by atoms with Crippen LogP contribution in [0.1, 0.15) is 35.4 Å². The molecule has 0 saturated carbocycles. The zero-order valence-corrected chi connectivity index (χ0v) is 25.0. The van der Waals surface area contributed by atoms with Gasteiger partial charge in [-0.15, -0.1) is 24.8 Å². The lowest BCUT2D eigenvalue weighted by Crippen LogP contribution is -2.34. The molecule has 1 heterocycles. The second-order valence-electron chi connectivity index (χ2n) is 10.2. The van der Waals surface area contributed by atoms with Gasteiger partial charge >= 0.3 is 6.03 Å². The number of piperidine rings is 1. The van der Waals surface area contributed by atoms with E-state index in [4.69, 9.17) is 4.74 Å². The first-order valence-electron chi connectivity index (χ1n) is 13.1. The second kappa shape index (κ2) is 15.9. The van der Waals surface area contributed by atoms with Crippen molar-refractivity contribution in [3.8, 4) is 11.5 Å². The van der Waals surface area contributed by atoms with Gasteiger partial charge in [-0.25, -0.2) is 18.0 Å². The van der Waals surface area contributed by atoms with E-state index in [1.54, 1.807) is 12.1 Å². The van der Waals surface area contributed by atoms with Crippen LogP contribution in [-0.4, -0.2) is 56.1 Å². The van der Waals surface area contributed by atoms with Crippen molar-refractivity contribution in [3.05, 3.63) is 88.7 Å². The molecule has 0 atom stereocenters. The highest BCUT2D eigenvalue weighted by Crippen LogP contribution is 2.33. The first kappa shape index (κ1) is 34.2. The quantitative estimate of drug-likeness (QED) is 0.253. The standard InChI is InChI=1S/C30H35F3N4O2.2ClH/c1-20-4-7-23(35-30(38)34-12-15-36(2)3)16-25(20)22-10-13-37(14-11-22)19-21-5-8-24(9-6-21)39-29-18-27(32)26(31)17-28(29)33;;/h4-9,16-18,22H,10-15,19H2,1-3H3,(H2,34,35,38);2*1H. The highest BCUT2D eigenvalue weighted by Gasteiger charge is 2.22. The molecule has 1 fully saturated rings. The Morgan fingerprint density at radius 3 is 2.27 bits per heavy atom. The Balaban J connectivity index is 0.00000294. The molecule has 6 nitrogen and oxygen atoms in total. The number of amides is 2. The Morgan fingerprint density at radius 2 is 1.61 bits per heavy atom. The maximum Gasteiger partial charge on any atom is 0.319 e. The largest absolute Gasteiger partial charge is 0.454 e. The van der Waals surface area contributed by atoms with E-state index in [9.17, 15) is 18.0 Å². The molecule has 0 spiro atoms. The summed E-state index contributed by atoms with van der Waals surface area (Å²) >= 11 is 0. The zero-order chi connectivity index (χ0) is 27.9. The summed E-state index contributed by atoms with van der Waals surface area (Å²) in [6.07, 6.45) is 2.02. The average molecular weight is 614 g/mol. The third kappa shape index (κ3) is 9.81. The van der Waals surface area contributed by atoms with Crippen LogP contribution >= 0.6 is 24.8 Å². The molecule has 41 heavy (non-hydrogen) atoms. The lowest BCUT2D eigenvalue weighted by Gasteiger charge is -2.33. The van der Waals surface area contributed by atoms with Crippen molar-refractivity contribution < 1.29 is 22.7 Å². The van der Waals surface area contributed by atoms with Crippen molar-refractivity contribution >= 4 is 36.5 Å². The van der Waals surface area contributed by atoms with Gasteiger partial charge in [0.1, 0.15) is 5.75 Å². The van der Waals surface area contributed by atoms with Crippen LogP contribution in [0.2, 0.25) is 0 Å². The number of halogens is 5. The maximum absolute atomic E-state index is 13.9. The van der Waals surface area contributed by atoms with Crippen LogP contribution in [0.15, 0.2) is 54.6 Å². The Bertz CT molecular complexity index is 1290. The summed E-state index contributed by atoms with van der Waals surface area (Å²) in [6.45, 7) is 6.10. The molecule has 2 amide bonds. The fourth-order valence-corrected chi connectivity index (χ4v) is 4.76. The summed E-state index contributed by atoms with van der Waals surface area (Å²) in [6, 6.07) is 14.2. The summed E-state index contributed by atoms with van der Waals surface area (Å²) < 4.78 is 45.8. The van der Waals surface area contributed by atoms with Crippen molar-refractivity contribution in [2.24, 2.45) is 0 Å². The lowest BCUT2D eigenvalue weighted by molar-refractivity contribution is 0.204. The topological polar surface area (TPSA) is 56.8 Å². The van der Waals surface area contributed by atoms with Gasteiger partial charge in [-0.1, -0.05) is 18.2 Å². The third-order valence-electron chi connectivity index (χ3n) is 6.94. The van der Waals surface area contributed by atoms with E-state index in [2.05, 4.69) is 34.6 Å². The number of nitrogens with one attached hydrogen (secondary N) is 2. The van der Waals surface area contributed by atoms with E-state index < -0.39 is 17.5 Å². The minimum Gasteiger partial charge on any atom is -0.454 e. The molecule has 0 unspecified atom stereocenters. The summed E-state index contributed by atoms with van der Waals surface area (Å²) in [5.74, 6) is -2.97. The van der Waals surface area contributed by atoms with Crippen molar-refractivity contribution in [1.29, 1.82) is 0 Å². The number of anilines is 1. The van der Waals surface area contributed by atoms with Gasteiger partial charge in [-0.05, 0) is 93.8 Å². The summed E-state index contributed by atoms with van der Waals surface area (Å²) in [4.78, 5) is 16.6. The number of ether oxygens (including phenoxy) is 1. The first-order chi connectivity index (χ1) is 18.7. The summed E-state index contributed by atoms with van der Waals surface area (Å²) in [5.41, 5.74) is 4.37. The number of carbonyl (C=O) groups excluding carboxylic acids is 1. The van der Waals surface area contributed by atoms with E-state index in [0.717, 1.165) is 50.3 Å². The molecule has 1 aliphatic heterocycles. The molecular formula is C30H37Cl2F3N4O2. The van der Waals surface area contributed by atoms with Gasteiger partial charge < -0.3 is 20.3 Å². The fraction of sp³-hybridized carbons (Fsp3) is 0.367. The number of hydrogen-bond acceptors (Lipinski definition) is 4. The molecule has 224 valence electrons. The van der Waals surface area contributed by atoms with Crippen LogP contribution in [0.3, 0.4) is 0 Å². The lowest BCUT2D eigenvalue weighted by atomic mass is 9.86. The minimum absolute atomic E-state index is 0. The molecule has 0 bridgehead atoms. The van der Waals surface area contributed by atoms with Crippen LogP contribution in [0.4, 0.5) is 23.7 Å². The Hall–Kier alpha value is -2.98. The average Bonchev–Trinajstić information content (AvgIpc) is 2.90. The minimum atomic E-state index is -1.25. The Kier molecular flexibility index (Phi) is 13.2. The molecule has 4 rings (SSSR count). The van der Waals surface area contributed by atoms with E-state index in [-0.39, 0.29) is 36.6 Å². The van der Waals surface area contributed by atoms with Gasteiger partial charge in [0.15, 0.2) is 23.2 Å². The van der Waals surface area contributed by atoms with E-state index >= 15 is 0 Å². The van der Waals surface area contributed by atoms with E-state index in [1.807, 2.05) is 37.2 Å². The number of likely N-dealkylation sites (tertiary alicyclic amines) is 1. The zero-order valence-electron chi connectivity index (χ0n) is 23.4. The molecule has 0 radical (unpaired) electrons. The van der Waals surface area contributed by atoms with Crippen molar-refractivity contribution in [2.45, 2.75) is 32.2 Å². The molecule has 1 saturated heterocycles. The molecule has 0 aliphatic carbocycles. The van der Waals surface area contributed by atoms with Gasteiger partial charge in [0.2, 0.25) is 0 Å². The highest BCUT2D eigenvalue weighted by molar-refractivity contribution is 5.89. The first-order valence-corrected chi connectivity index (χ1v) is 13.1. The maximum atomic E-state index is 13.9. The number of nitrogens with zero attached hydrogens (tertiary/aromatic N) is 2. The van der Waals surface area contributed by atoms with Crippen LogP contribution < -0.4 is 15.4 Å². The number of hydrogen-bond donors (Lipinski definition) is 2. The number of benzene rings is 3. The molecule has 1 aliphatic rings. The molecule has 0 aromatic heterocycles. The number of urea groups is 1. The van der Waals surface area contributed by atoms with Gasteiger partial charge in [0, 0.05) is 37.5 Å². The van der Waals surface area contributed by atoms with Gasteiger partial charge in [-0.3, -0.25) is 4.90 Å². The highest BCUT2D eigenvalue weighted by atomic mass is 35.5. The normalized spacial score (nSPS) is 13.7. The Morgan fingerprint density at radius 1 is 0.951 bits per heavy atom. The van der Waals surface area contributed by atoms with Crippen LogP contribution in [0.25, 0.3) is 0 Å². The summed E-state index contributed by atoms with van der Waals surface area (Å²) in [7, 11) is 3.93. The van der Waals surface area contributed by atoms with E-state index in [0.29, 0.717) is 30.3 Å². The molecule has 2 N–H and O–H groups in total. The molecule has 11 heteroatoms. The van der Waals surface area contributed by atoms with Crippen LogP contribution in [0.5, 0.6) is 11.5 Å². The van der Waals surface area contributed by atoms with Crippen LogP contribution in [0, 0.1) is 24.4 Å². The van der Waals surface area contributed by atoms with Crippen molar-refractivity contribution in [1.82, 2.24) is 15.1 Å². The number of rotatable bonds is 9. The van der Waals surface area contributed by atoms with Crippen molar-refractivity contribution in [2.75, 3.05) is 45.6 Å². The summed E-state index contributed by atoms with van der Waals surface area (Å²) in [5, 5.41) is 5.82. The van der Waals surface area contributed by atoms with Crippen LogP contribution in [-0.2, 0) is 6.54 Å². The smallest absolute Gasteiger partial charge is 0.319 e. The predicted octanol–water partition coefficient (Wildman–Crippen LogP) is 7.11. The monoisotopic (exact) mass is 612 g/mol. The second-order valence-corrected chi connectivity index (χ2v) is 10.2. The molecule has 3 aromatic carbocycles. The number of likely N-dealkylation sites (N-methyl/N-ethyl adjacent to an activating group) is 1. The van der Waals surface area contributed by atoms with E-state index in [1.165, 1.54) is 11.1 Å². The molecule has 3 aromatic rings. The van der Waals surface area contributed by atoms with Gasteiger partial charge in [-0.2, -0.15) is 0 Å². The van der Waals surface area contributed by atoms with Gasteiger partial charge in [0.05, 0.1) is 0 Å². The SMILES string of the molecule is Cc1ccc(NC(=O)NCCN(C)C)cc1C1CCN(Cc2ccc(Oc3cc(F)c(F)cc3F)cc2)CC1.Cl.Cl. The fourth-order valence-electron chi connectivity index (χ4n) is 4.76. The number of aryl methyl sites for hydroxylation is 1. The Labute approximate surface area is 252 Å². The van der Waals surface area contributed by atoms with Crippen molar-refractivity contribution in [3.63, 3.8) is 0 Å².